The molecule has 2 nitrogen and oxygen atoms in total. The summed E-state index contributed by atoms with van der Waals surface area (Å²) in [6, 6.07) is 3.69. The number of ether oxygens (including phenoxy) is 1. The van der Waals surface area contributed by atoms with E-state index >= 15 is 0 Å². The number of alkyl halides is 3. The maximum atomic E-state index is 12.5. The Hall–Kier alpha value is -0.780. The van der Waals surface area contributed by atoms with Gasteiger partial charge in [0.05, 0.1) is 29.8 Å². The van der Waals surface area contributed by atoms with Crippen LogP contribution in [-0.2, 0) is 10.9 Å². The molecule has 1 unspecified atom stereocenters. The van der Waals surface area contributed by atoms with Crippen molar-refractivity contribution in [2.45, 2.75) is 12.2 Å². The van der Waals surface area contributed by atoms with Crippen LogP contribution in [0.25, 0.3) is 0 Å². The van der Waals surface area contributed by atoms with Crippen LogP contribution >= 0.6 is 11.6 Å². The van der Waals surface area contributed by atoms with Gasteiger partial charge < -0.3 is 10.1 Å². The van der Waals surface area contributed by atoms with Gasteiger partial charge in [-0.15, -0.1) is 0 Å². The standard InChI is InChI=1S/C11H11ClF3NO/c12-9-5-7(10-6-17-4-3-16-10)1-2-8(9)11(13,14)15/h1-2,5,10,16H,3-4,6H2. The molecular formula is C11H11ClF3NO. The molecule has 0 bridgehead atoms. The van der Waals surface area contributed by atoms with Crippen LogP contribution in [0.1, 0.15) is 17.2 Å². The Kier molecular flexibility index (Phi) is 3.61. The van der Waals surface area contributed by atoms with Crippen LogP contribution in [0.4, 0.5) is 13.2 Å². The Morgan fingerprint density at radius 3 is 2.65 bits per heavy atom. The molecule has 1 N–H and O–H groups in total. The summed E-state index contributed by atoms with van der Waals surface area (Å²) in [5, 5.41) is 2.88. The minimum atomic E-state index is -4.41. The molecule has 17 heavy (non-hydrogen) atoms. The Labute approximate surface area is 102 Å². The zero-order chi connectivity index (χ0) is 12.5. The van der Waals surface area contributed by atoms with Crippen LogP contribution < -0.4 is 5.32 Å². The first kappa shape index (κ1) is 12.7. The Balaban J connectivity index is 2.24. The fourth-order valence-electron chi connectivity index (χ4n) is 1.76. The molecule has 0 aromatic heterocycles. The summed E-state index contributed by atoms with van der Waals surface area (Å²) in [5.74, 6) is 0. The summed E-state index contributed by atoms with van der Waals surface area (Å²) < 4.78 is 42.7. The molecule has 94 valence electrons. The summed E-state index contributed by atoms with van der Waals surface area (Å²) >= 11 is 5.64. The van der Waals surface area contributed by atoms with Gasteiger partial charge in [0.15, 0.2) is 0 Å². The van der Waals surface area contributed by atoms with Gasteiger partial charge in [0.2, 0.25) is 0 Å². The first-order valence-electron chi connectivity index (χ1n) is 5.16. The molecule has 2 rings (SSSR count). The fraction of sp³-hybridized carbons (Fsp3) is 0.455. The SMILES string of the molecule is FC(F)(F)c1ccc(C2COCCN2)cc1Cl. The first-order chi connectivity index (χ1) is 7.98. The highest BCUT2D eigenvalue weighted by molar-refractivity contribution is 6.31. The highest BCUT2D eigenvalue weighted by Gasteiger charge is 2.33. The Morgan fingerprint density at radius 2 is 2.12 bits per heavy atom. The predicted octanol–water partition coefficient (Wildman–Crippen LogP) is 3.02. The fourth-order valence-corrected chi connectivity index (χ4v) is 2.05. The average Bonchev–Trinajstić information content (AvgIpc) is 2.28. The molecule has 0 spiro atoms. The second-order valence-corrected chi connectivity index (χ2v) is 4.23. The van der Waals surface area contributed by atoms with Gasteiger partial charge in [-0.25, -0.2) is 0 Å². The molecule has 1 fully saturated rings. The van der Waals surface area contributed by atoms with E-state index in [4.69, 9.17) is 16.3 Å². The molecule has 0 amide bonds. The van der Waals surface area contributed by atoms with Gasteiger partial charge in [0, 0.05) is 6.54 Å². The van der Waals surface area contributed by atoms with Crippen molar-refractivity contribution in [3.05, 3.63) is 34.3 Å². The van der Waals surface area contributed by atoms with Crippen LogP contribution in [0.5, 0.6) is 0 Å². The van der Waals surface area contributed by atoms with Gasteiger partial charge in [-0.2, -0.15) is 13.2 Å². The number of halogens is 4. The molecule has 0 aliphatic carbocycles. The zero-order valence-electron chi connectivity index (χ0n) is 8.85. The highest BCUT2D eigenvalue weighted by Crippen LogP contribution is 2.35. The molecule has 1 aromatic carbocycles. The minimum Gasteiger partial charge on any atom is -0.378 e. The van der Waals surface area contributed by atoms with Crippen molar-refractivity contribution < 1.29 is 17.9 Å². The molecule has 1 aromatic rings. The second-order valence-electron chi connectivity index (χ2n) is 3.82. The van der Waals surface area contributed by atoms with Gasteiger partial charge in [-0.1, -0.05) is 17.7 Å². The van der Waals surface area contributed by atoms with Crippen molar-refractivity contribution in [1.82, 2.24) is 5.32 Å². The lowest BCUT2D eigenvalue weighted by Gasteiger charge is -2.24. The largest absolute Gasteiger partial charge is 0.417 e. The normalized spacial score (nSPS) is 21.5. The maximum absolute atomic E-state index is 12.5. The number of rotatable bonds is 1. The number of hydrogen-bond donors (Lipinski definition) is 1. The van der Waals surface area contributed by atoms with E-state index in [9.17, 15) is 13.2 Å². The van der Waals surface area contributed by atoms with Gasteiger partial charge in [-0.05, 0) is 17.7 Å². The van der Waals surface area contributed by atoms with E-state index in [0.717, 1.165) is 6.07 Å². The lowest BCUT2D eigenvalue weighted by Crippen LogP contribution is -2.34. The lowest BCUT2D eigenvalue weighted by molar-refractivity contribution is -0.137. The van der Waals surface area contributed by atoms with E-state index in [2.05, 4.69) is 5.32 Å². The molecule has 1 atom stereocenters. The number of morpholine rings is 1. The Bertz CT molecular complexity index is 402. The summed E-state index contributed by atoms with van der Waals surface area (Å²) in [7, 11) is 0. The topological polar surface area (TPSA) is 21.3 Å². The quantitative estimate of drug-likeness (QED) is 0.843. The maximum Gasteiger partial charge on any atom is 0.417 e. The predicted molar refractivity (Wildman–Crippen MR) is 58.0 cm³/mol. The summed E-state index contributed by atoms with van der Waals surface area (Å²) in [6.07, 6.45) is -4.41. The molecule has 0 radical (unpaired) electrons. The van der Waals surface area contributed by atoms with E-state index in [1.54, 1.807) is 0 Å². The summed E-state index contributed by atoms with van der Waals surface area (Å²) in [4.78, 5) is 0. The highest BCUT2D eigenvalue weighted by atomic mass is 35.5. The van der Waals surface area contributed by atoms with E-state index in [0.29, 0.717) is 25.3 Å². The van der Waals surface area contributed by atoms with Crippen molar-refractivity contribution in [3.63, 3.8) is 0 Å². The van der Waals surface area contributed by atoms with Crippen LogP contribution in [-0.4, -0.2) is 19.8 Å². The van der Waals surface area contributed by atoms with Crippen LogP contribution in [0.15, 0.2) is 18.2 Å². The van der Waals surface area contributed by atoms with Crippen molar-refractivity contribution in [1.29, 1.82) is 0 Å². The third-order valence-electron chi connectivity index (χ3n) is 2.62. The third kappa shape index (κ3) is 2.91. The van der Waals surface area contributed by atoms with Gasteiger partial charge in [0.25, 0.3) is 0 Å². The van der Waals surface area contributed by atoms with Crippen molar-refractivity contribution in [2.24, 2.45) is 0 Å². The monoisotopic (exact) mass is 265 g/mol. The molecule has 1 saturated heterocycles. The van der Waals surface area contributed by atoms with Crippen LogP contribution in [0.3, 0.4) is 0 Å². The molecule has 1 aliphatic heterocycles. The molecule has 6 heteroatoms. The van der Waals surface area contributed by atoms with Crippen molar-refractivity contribution in [2.75, 3.05) is 19.8 Å². The van der Waals surface area contributed by atoms with Gasteiger partial charge >= 0.3 is 6.18 Å². The van der Waals surface area contributed by atoms with Crippen molar-refractivity contribution in [3.8, 4) is 0 Å². The minimum absolute atomic E-state index is 0.0940. The van der Waals surface area contributed by atoms with Gasteiger partial charge in [-0.3, -0.25) is 0 Å². The average molecular weight is 266 g/mol. The first-order valence-corrected chi connectivity index (χ1v) is 5.54. The number of hydrogen-bond acceptors (Lipinski definition) is 2. The van der Waals surface area contributed by atoms with E-state index in [1.807, 2.05) is 0 Å². The summed E-state index contributed by atoms with van der Waals surface area (Å²) in [5.41, 5.74) is -0.0951. The molecular weight excluding hydrogens is 255 g/mol. The summed E-state index contributed by atoms with van der Waals surface area (Å²) in [6.45, 7) is 1.75. The zero-order valence-corrected chi connectivity index (χ0v) is 9.61. The second kappa shape index (κ2) is 4.84. The number of nitrogens with one attached hydrogen (secondary N) is 1. The molecule has 1 aliphatic rings. The molecule has 0 saturated carbocycles. The van der Waals surface area contributed by atoms with Crippen LogP contribution in [0, 0.1) is 0 Å². The van der Waals surface area contributed by atoms with Gasteiger partial charge in [0.1, 0.15) is 0 Å². The third-order valence-corrected chi connectivity index (χ3v) is 2.94. The van der Waals surface area contributed by atoms with E-state index in [-0.39, 0.29) is 11.1 Å². The Morgan fingerprint density at radius 1 is 1.35 bits per heavy atom. The number of benzene rings is 1. The lowest BCUT2D eigenvalue weighted by atomic mass is 10.0. The van der Waals surface area contributed by atoms with Crippen LogP contribution in [0.2, 0.25) is 5.02 Å². The van der Waals surface area contributed by atoms with E-state index in [1.165, 1.54) is 12.1 Å². The molecule has 1 heterocycles. The van der Waals surface area contributed by atoms with E-state index < -0.39 is 11.7 Å². The smallest absolute Gasteiger partial charge is 0.378 e. The van der Waals surface area contributed by atoms with Crippen molar-refractivity contribution >= 4 is 11.6 Å².